The van der Waals surface area contributed by atoms with E-state index in [4.69, 9.17) is 4.42 Å². The van der Waals surface area contributed by atoms with Gasteiger partial charge in [-0.05, 0) is 37.0 Å². The molecule has 2 saturated carbocycles. The average molecular weight is 287 g/mol. The van der Waals surface area contributed by atoms with Crippen molar-refractivity contribution in [3.8, 4) is 0 Å². The third-order valence-electron chi connectivity index (χ3n) is 5.08. The zero-order chi connectivity index (χ0) is 14.0. The summed E-state index contributed by atoms with van der Waals surface area (Å²) >= 11 is 0. The van der Waals surface area contributed by atoms with Gasteiger partial charge in [0, 0.05) is 19.5 Å². The first-order valence-corrected chi connectivity index (χ1v) is 7.03. The van der Waals surface area contributed by atoms with E-state index in [1.807, 2.05) is 0 Å². The highest BCUT2D eigenvalue weighted by Crippen LogP contribution is 2.58. The zero-order valence-corrected chi connectivity index (χ0v) is 11.0. The predicted molar refractivity (Wildman–Crippen MR) is 63.0 cm³/mol. The number of hydrogen-bond acceptors (Lipinski definition) is 4. The van der Waals surface area contributed by atoms with Crippen molar-refractivity contribution >= 4 is 0 Å². The third kappa shape index (κ3) is 1.71. The minimum atomic E-state index is -4.28. The molecule has 2 aliphatic carbocycles. The fourth-order valence-corrected chi connectivity index (χ4v) is 3.60. The van der Waals surface area contributed by atoms with Crippen LogP contribution < -0.4 is 5.32 Å². The Morgan fingerprint density at radius 2 is 1.90 bits per heavy atom. The molecule has 0 aromatic carbocycles. The first-order chi connectivity index (χ1) is 9.43. The van der Waals surface area contributed by atoms with Crippen molar-refractivity contribution in [2.45, 2.75) is 43.7 Å². The molecule has 1 aromatic heterocycles. The Bertz CT molecular complexity index is 523. The molecule has 7 heteroatoms. The van der Waals surface area contributed by atoms with E-state index < -0.39 is 11.6 Å². The van der Waals surface area contributed by atoms with Crippen LogP contribution in [0.15, 0.2) is 4.42 Å². The minimum absolute atomic E-state index is 0.0658. The fourth-order valence-electron chi connectivity index (χ4n) is 3.60. The van der Waals surface area contributed by atoms with E-state index in [1.165, 1.54) is 0 Å². The molecule has 1 N–H and O–H groups in total. The Morgan fingerprint density at radius 3 is 2.40 bits per heavy atom. The normalized spacial score (nSPS) is 27.1. The van der Waals surface area contributed by atoms with Crippen LogP contribution >= 0.6 is 0 Å². The average Bonchev–Trinajstić information content (AvgIpc) is 2.96. The molecule has 1 aromatic rings. The Kier molecular flexibility index (Phi) is 2.37. The summed E-state index contributed by atoms with van der Waals surface area (Å²) in [5.41, 5.74) is -1.39. The zero-order valence-electron chi connectivity index (χ0n) is 11.0. The van der Waals surface area contributed by atoms with Crippen molar-refractivity contribution in [3.05, 3.63) is 11.8 Å². The van der Waals surface area contributed by atoms with Gasteiger partial charge in [0.05, 0.1) is 0 Å². The molecule has 3 fully saturated rings. The highest BCUT2D eigenvalue weighted by Gasteiger charge is 2.68. The molecule has 110 valence electrons. The first kappa shape index (κ1) is 12.6. The van der Waals surface area contributed by atoms with Crippen LogP contribution in [0.3, 0.4) is 0 Å². The van der Waals surface area contributed by atoms with Crippen LogP contribution in [0.2, 0.25) is 0 Å². The number of halogens is 3. The molecule has 0 atom stereocenters. The molecule has 20 heavy (non-hydrogen) atoms. The fraction of sp³-hybridized carbons (Fsp3) is 0.846. The Morgan fingerprint density at radius 1 is 1.20 bits per heavy atom. The molecule has 0 radical (unpaired) electrons. The molecular weight excluding hydrogens is 271 g/mol. The maximum atomic E-state index is 13.0. The lowest BCUT2D eigenvalue weighted by molar-refractivity contribution is -0.165. The third-order valence-corrected chi connectivity index (χ3v) is 5.08. The lowest BCUT2D eigenvalue weighted by atomic mass is 9.58. The van der Waals surface area contributed by atoms with Gasteiger partial charge in [-0.3, -0.25) is 0 Å². The molecule has 4 nitrogen and oxygen atoms in total. The lowest BCUT2D eigenvalue weighted by Crippen LogP contribution is -2.60. The van der Waals surface area contributed by atoms with Crippen molar-refractivity contribution in [1.29, 1.82) is 0 Å². The summed E-state index contributed by atoms with van der Waals surface area (Å²) in [4.78, 5) is 0. The van der Waals surface area contributed by atoms with E-state index in [1.54, 1.807) is 0 Å². The minimum Gasteiger partial charge on any atom is -0.424 e. The van der Waals surface area contributed by atoms with Crippen LogP contribution in [0.4, 0.5) is 13.2 Å². The topological polar surface area (TPSA) is 51.0 Å². The summed E-state index contributed by atoms with van der Waals surface area (Å²) in [6.07, 6.45) is -1.31. The number of nitrogens with zero attached hydrogens (tertiary/aromatic N) is 2. The lowest BCUT2D eigenvalue weighted by Gasteiger charge is -2.54. The molecule has 4 rings (SSSR count). The van der Waals surface area contributed by atoms with Crippen LogP contribution in [-0.4, -0.2) is 29.5 Å². The van der Waals surface area contributed by atoms with Crippen LogP contribution in [0.1, 0.15) is 37.5 Å². The Hall–Kier alpha value is -1.11. The van der Waals surface area contributed by atoms with Gasteiger partial charge in [0.2, 0.25) is 11.8 Å². The summed E-state index contributed by atoms with van der Waals surface area (Å²) in [6.45, 7) is 2.13. The molecule has 1 spiro atoms. The van der Waals surface area contributed by atoms with Crippen molar-refractivity contribution < 1.29 is 17.6 Å². The van der Waals surface area contributed by atoms with E-state index in [-0.39, 0.29) is 18.7 Å². The molecule has 2 heterocycles. The number of hydrogen-bond donors (Lipinski definition) is 1. The number of aromatic nitrogens is 2. The monoisotopic (exact) mass is 287 g/mol. The van der Waals surface area contributed by atoms with E-state index in [0.717, 1.165) is 25.9 Å². The van der Waals surface area contributed by atoms with Crippen LogP contribution in [0, 0.1) is 11.3 Å². The number of alkyl halides is 3. The summed E-state index contributed by atoms with van der Waals surface area (Å²) in [7, 11) is 0. The van der Waals surface area contributed by atoms with Crippen LogP contribution in [0.25, 0.3) is 0 Å². The summed E-state index contributed by atoms with van der Waals surface area (Å²) in [5.74, 6) is 0.605. The molecule has 0 unspecified atom stereocenters. The molecule has 1 aliphatic heterocycles. The molecular formula is C13H16F3N3O. The van der Waals surface area contributed by atoms with Crippen molar-refractivity contribution in [3.63, 3.8) is 0 Å². The summed E-state index contributed by atoms with van der Waals surface area (Å²) < 4.78 is 44.2. The van der Waals surface area contributed by atoms with Gasteiger partial charge >= 0.3 is 6.18 Å². The Balaban J connectivity index is 1.42. The van der Waals surface area contributed by atoms with E-state index >= 15 is 0 Å². The SMILES string of the molecule is FC(F)(F)C1(c2nnc(CC3CC4(CNC4)C3)o2)CC1. The molecule has 3 aliphatic rings. The Labute approximate surface area is 114 Å². The molecule has 0 bridgehead atoms. The van der Waals surface area contributed by atoms with Gasteiger partial charge in [-0.2, -0.15) is 13.2 Å². The van der Waals surface area contributed by atoms with Gasteiger partial charge in [-0.1, -0.05) is 0 Å². The van der Waals surface area contributed by atoms with Gasteiger partial charge in [-0.25, -0.2) is 0 Å². The smallest absolute Gasteiger partial charge is 0.403 e. The van der Waals surface area contributed by atoms with Crippen LogP contribution in [-0.2, 0) is 11.8 Å². The molecule has 0 amide bonds. The van der Waals surface area contributed by atoms with Crippen molar-refractivity contribution in [2.24, 2.45) is 11.3 Å². The molecule has 1 saturated heterocycles. The van der Waals surface area contributed by atoms with E-state index in [0.29, 0.717) is 23.6 Å². The van der Waals surface area contributed by atoms with Gasteiger partial charge in [0.25, 0.3) is 0 Å². The predicted octanol–water partition coefficient (Wildman–Crippen LogP) is 2.21. The highest BCUT2D eigenvalue weighted by molar-refractivity contribution is 5.19. The van der Waals surface area contributed by atoms with E-state index in [2.05, 4.69) is 15.5 Å². The highest BCUT2D eigenvalue weighted by atomic mass is 19.4. The van der Waals surface area contributed by atoms with Gasteiger partial charge in [0.15, 0.2) is 0 Å². The van der Waals surface area contributed by atoms with Gasteiger partial charge in [0.1, 0.15) is 5.41 Å². The second-order valence-corrected chi connectivity index (χ2v) is 6.66. The largest absolute Gasteiger partial charge is 0.424 e. The standard InChI is InChI=1S/C13H16F3N3O/c14-13(15,16)12(1-2-12)10-19-18-9(20-10)3-8-4-11(5-8)6-17-7-11/h8,17H,1-7H2. The van der Waals surface area contributed by atoms with Crippen molar-refractivity contribution in [2.75, 3.05) is 13.1 Å². The maximum absolute atomic E-state index is 13.0. The first-order valence-electron chi connectivity index (χ1n) is 7.03. The number of nitrogens with one attached hydrogen (secondary N) is 1. The van der Waals surface area contributed by atoms with E-state index in [9.17, 15) is 13.2 Å². The van der Waals surface area contributed by atoms with Crippen molar-refractivity contribution in [1.82, 2.24) is 15.5 Å². The van der Waals surface area contributed by atoms with Gasteiger partial charge in [-0.15, -0.1) is 10.2 Å². The second-order valence-electron chi connectivity index (χ2n) is 6.66. The summed E-state index contributed by atoms with van der Waals surface area (Å²) in [6, 6.07) is 0. The quantitative estimate of drug-likeness (QED) is 0.926. The van der Waals surface area contributed by atoms with Crippen LogP contribution in [0.5, 0.6) is 0 Å². The van der Waals surface area contributed by atoms with Gasteiger partial charge < -0.3 is 9.73 Å². The number of rotatable bonds is 3. The maximum Gasteiger partial charge on any atom is 0.403 e. The summed E-state index contributed by atoms with van der Waals surface area (Å²) in [5, 5.41) is 10.7. The second kappa shape index (κ2) is 3.75.